The van der Waals surface area contributed by atoms with Gasteiger partial charge in [0, 0.05) is 19.1 Å². The molecule has 0 radical (unpaired) electrons. The van der Waals surface area contributed by atoms with Gasteiger partial charge in [0.2, 0.25) is 15.9 Å². The van der Waals surface area contributed by atoms with Crippen molar-refractivity contribution in [2.75, 3.05) is 13.1 Å². The van der Waals surface area contributed by atoms with E-state index in [1.807, 2.05) is 11.0 Å². The first kappa shape index (κ1) is 18.6. The van der Waals surface area contributed by atoms with Crippen LogP contribution in [-0.4, -0.2) is 38.4 Å². The van der Waals surface area contributed by atoms with Crippen LogP contribution in [0.4, 0.5) is 0 Å². The van der Waals surface area contributed by atoms with Gasteiger partial charge in [-0.1, -0.05) is 18.2 Å². The Hall–Kier alpha value is -1.40. The van der Waals surface area contributed by atoms with E-state index in [0.717, 1.165) is 37.0 Å². The van der Waals surface area contributed by atoms with Gasteiger partial charge in [-0.3, -0.25) is 4.79 Å². The lowest BCUT2D eigenvalue weighted by Crippen LogP contribution is -2.56. The maximum absolute atomic E-state index is 13.5. The van der Waals surface area contributed by atoms with Gasteiger partial charge >= 0.3 is 0 Å². The summed E-state index contributed by atoms with van der Waals surface area (Å²) in [5.74, 6) is 2.68. The molecule has 1 aromatic carbocycles. The molecule has 1 heterocycles. The number of hydrogen-bond donors (Lipinski definition) is 1. The summed E-state index contributed by atoms with van der Waals surface area (Å²) >= 11 is 0. The van der Waals surface area contributed by atoms with Crippen LogP contribution in [0.1, 0.15) is 51.4 Å². The lowest BCUT2D eigenvalue weighted by molar-refractivity contribution is -0.158. The summed E-state index contributed by atoms with van der Waals surface area (Å²) in [7, 11) is -3.49. The number of piperidine rings is 1. The molecule has 4 bridgehead atoms. The van der Waals surface area contributed by atoms with E-state index in [1.165, 1.54) is 19.3 Å². The zero-order chi connectivity index (χ0) is 19.4. The largest absolute Gasteiger partial charge is 0.342 e. The fourth-order valence-corrected chi connectivity index (χ4v) is 8.12. The lowest BCUT2D eigenvalue weighted by Gasteiger charge is -2.57. The number of rotatable bonds is 4. The van der Waals surface area contributed by atoms with Gasteiger partial charge in [-0.15, -0.1) is 0 Å². The van der Waals surface area contributed by atoms with Gasteiger partial charge in [-0.25, -0.2) is 13.1 Å². The molecule has 1 aromatic rings. The normalized spacial score (nSPS) is 35.3. The fraction of sp³-hybridized carbons (Fsp3) is 0.682. The Morgan fingerprint density at radius 3 is 2.00 bits per heavy atom. The topological polar surface area (TPSA) is 66.5 Å². The number of likely N-dealkylation sites (tertiary alicyclic amines) is 1. The van der Waals surface area contributed by atoms with Crippen molar-refractivity contribution in [3.8, 4) is 0 Å². The van der Waals surface area contributed by atoms with Crippen molar-refractivity contribution < 1.29 is 13.2 Å². The first-order valence-electron chi connectivity index (χ1n) is 10.8. The van der Waals surface area contributed by atoms with Crippen LogP contribution < -0.4 is 4.72 Å². The molecule has 1 N–H and O–H groups in total. The first-order valence-corrected chi connectivity index (χ1v) is 12.3. The van der Waals surface area contributed by atoms with Gasteiger partial charge in [-0.2, -0.15) is 0 Å². The number of amides is 1. The van der Waals surface area contributed by atoms with Crippen LogP contribution in [0.25, 0.3) is 0 Å². The number of nitrogens with zero attached hydrogens (tertiary/aromatic N) is 1. The van der Waals surface area contributed by atoms with Crippen molar-refractivity contribution >= 4 is 15.9 Å². The molecule has 152 valence electrons. The molecule has 1 aliphatic heterocycles. The Morgan fingerprint density at radius 2 is 1.46 bits per heavy atom. The molecular formula is C22H30N2O3S. The van der Waals surface area contributed by atoms with Crippen LogP contribution in [-0.2, 0) is 14.8 Å². The Kier molecular flexibility index (Phi) is 4.55. The third-order valence-corrected chi connectivity index (χ3v) is 9.19. The van der Waals surface area contributed by atoms with Crippen LogP contribution in [0.5, 0.6) is 0 Å². The van der Waals surface area contributed by atoms with E-state index in [0.29, 0.717) is 36.7 Å². The molecule has 5 aliphatic rings. The molecule has 4 saturated carbocycles. The predicted octanol–water partition coefficient (Wildman–Crippen LogP) is 3.17. The molecule has 0 unspecified atom stereocenters. The van der Waals surface area contributed by atoms with E-state index in [-0.39, 0.29) is 11.5 Å². The molecule has 1 saturated heterocycles. The third kappa shape index (κ3) is 3.28. The average molecular weight is 403 g/mol. The summed E-state index contributed by atoms with van der Waals surface area (Å²) in [5.41, 5.74) is -0.0921. The van der Waals surface area contributed by atoms with E-state index in [9.17, 15) is 13.2 Å². The van der Waals surface area contributed by atoms with E-state index in [2.05, 4.69) is 4.72 Å². The summed E-state index contributed by atoms with van der Waals surface area (Å²) in [6.07, 6.45) is 8.71. The summed E-state index contributed by atoms with van der Waals surface area (Å²) < 4.78 is 27.9. The second kappa shape index (κ2) is 6.84. The highest BCUT2D eigenvalue weighted by Gasteiger charge is 2.55. The average Bonchev–Trinajstić information content (AvgIpc) is 2.67. The SMILES string of the molecule is O=C(N1CCC(NS(=O)(=O)c2ccccc2)CC1)C12CC3CC(CC(C3)C1)C2. The van der Waals surface area contributed by atoms with Crippen molar-refractivity contribution in [2.45, 2.75) is 62.3 Å². The zero-order valence-corrected chi connectivity index (χ0v) is 17.2. The highest BCUT2D eigenvalue weighted by molar-refractivity contribution is 7.89. The minimum Gasteiger partial charge on any atom is -0.342 e. The standard InChI is InChI=1S/C22H30N2O3S/c25-21(22-13-16-10-17(14-22)12-18(11-16)15-22)24-8-6-19(7-9-24)23-28(26,27)20-4-2-1-3-5-20/h1-5,16-19,23H,6-15H2. The number of nitrogens with one attached hydrogen (secondary N) is 1. The molecule has 5 fully saturated rings. The predicted molar refractivity (Wildman–Crippen MR) is 107 cm³/mol. The highest BCUT2D eigenvalue weighted by atomic mass is 32.2. The number of sulfonamides is 1. The second-order valence-electron chi connectivity index (χ2n) is 9.70. The van der Waals surface area contributed by atoms with Crippen LogP contribution in [0.3, 0.4) is 0 Å². The Balaban J connectivity index is 1.21. The number of hydrogen-bond acceptors (Lipinski definition) is 3. The quantitative estimate of drug-likeness (QED) is 0.841. The Labute approximate surface area is 167 Å². The number of carbonyl (C=O) groups is 1. The maximum Gasteiger partial charge on any atom is 0.240 e. The number of benzene rings is 1. The molecule has 0 spiro atoms. The summed E-state index contributed by atoms with van der Waals surface area (Å²) in [5, 5.41) is 0. The van der Waals surface area contributed by atoms with Gasteiger partial charge in [-0.05, 0) is 81.3 Å². The molecular weight excluding hydrogens is 372 g/mol. The van der Waals surface area contributed by atoms with Gasteiger partial charge < -0.3 is 4.90 Å². The first-order chi connectivity index (χ1) is 13.4. The third-order valence-electron chi connectivity index (χ3n) is 7.65. The monoisotopic (exact) mass is 402 g/mol. The van der Waals surface area contributed by atoms with E-state index >= 15 is 0 Å². The van der Waals surface area contributed by atoms with Gasteiger partial charge in [0.05, 0.1) is 10.3 Å². The molecule has 6 rings (SSSR count). The Bertz CT molecular complexity index is 809. The molecule has 4 aliphatic carbocycles. The minimum absolute atomic E-state index is 0.0920. The van der Waals surface area contributed by atoms with Crippen LogP contribution in [0, 0.1) is 23.2 Å². The molecule has 28 heavy (non-hydrogen) atoms. The molecule has 0 aromatic heterocycles. The lowest BCUT2D eigenvalue weighted by atomic mass is 9.49. The van der Waals surface area contributed by atoms with Crippen molar-refractivity contribution in [1.29, 1.82) is 0 Å². The molecule has 5 nitrogen and oxygen atoms in total. The van der Waals surface area contributed by atoms with Crippen molar-refractivity contribution in [1.82, 2.24) is 9.62 Å². The van der Waals surface area contributed by atoms with E-state index < -0.39 is 10.0 Å². The minimum atomic E-state index is -3.49. The maximum atomic E-state index is 13.5. The van der Waals surface area contributed by atoms with Crippen LogP contribution >= 0.6 is 0 Å². The van der Waals surface area contributed by atoms with Crippen molar-refractivity contribution in [2.24, 2.45) is 23.2 Å². The molecule has 6 heteroatoms. The van der Waals surface area contributed by atoms with Gasteiger partial charge in [0.25, 0.3) is 0 Å². The van der Waals surface area contributed by atoms with E-state index in [1.54, 1.807) is 24.3 Å². The van der Waals surface area contributed by atoms with Crippen molar-refractivity contribution in [3.05, 3.63) is 30.3 Å². The summed E-state index contributed by atoms with van der Waals surface area (Å²) in [6, 6.07) is 8.43. The van der Waals surface area contributed by atoms with Gasteiger partial charge in [0.1, 0.15) is 0 Å². The fourth-order valence-electron chi connectivity index (χ4n) is 6.80. The summed E-state index contributed by atoms with van der Waals surface area (Å²) in [6.45, 7) is 1.34. The van der Waals surface area contributed by atoms with E-state index in [4.69, 9.17) is 0 Å². The molecule has 0 atom stereocenters. The van der Waals surface area contributed by atoms with Crippen LogP contribution in [0.15, 0.2) is 35.2 Å². The molecule has 1 amide bonds. The Morgan fingerprint density at radius 1 is 0.929 bits per heavy atom. The summed E-state index contributed by atoms with van der Waals surface area (Å²) in [4.78, 5) is 15.8. The second-order valence-corrected chi connectivity index (χ2v) is 11.4. The van der Waals surface area contributed by atoms with Crippen molar-refractivity contribution in [3.63, 3.8) is 0 Å². The smallest absolute Gasteiger partial charge is 0.240 e. The zero-order valence-electron chi connectivity index (χ0n) is 16.3. The van der Waals surface area contributed by atoms with Gasteiger partial charge in [0.15, 0.2) is 0 Å². The van der Waals surface area contributed by atoms with Crippen LogP contribution in [0.2, 0.25) is 0 Å². The number of carbonyl (C=O) groups excluding carboxylic acids is 1. The highest BCUT2D eigenvalue weighted by Crippen LogP contribution is 2.60.